The standard InChI is InChI=1S/C11H9BrN2O2/c1-7(11(15)16)6-14-10-3-2-8(5-13)4-9(10)12/h2-4,14H,1,6H2,(H,15,16). The molecule has 82 valence electrons. The lowest BCUT2D eigenvalue weighted by Gasteiger charge is -2.08. The van der Waals surface area contributed by atoms with Crippen LogP contribution in [0, 0.1) is 11.3 Å². The Kier molecular flexibility index (Phi) is 4.09. The topological polar surface area (TPSA) is 73.1 Å². The molecule has 0 aliphatic rings. The number of hydrogen-bond donors (Lipinski definition) is 2. The van der Waals surface area contributed by atoms with E-state index in [1.807, 2.05) is 6.07 Å². The maximum atomic E-state index is 10.5. The molecule has 16 heavy (non-hydrogen) atoms. The summed E-state index contributed by atoms with van der Waals surface area (Å²) in [6.07, 6.45) is 0. The van der Waals surface area contributed by atoms with Crippen molar-refractivity contribution in [3.05, 3.63) is 40.4 Å². The number of carbonyl (C=O) groups is 1. The number of hydrogen-bond acceptors (Lipinski definition) is 3. The Balaban J connectivity index is 2.73. The molecular weight excluding hydrogens is 272 g/mol. The number of carboxylic acids is 1. The Morgan fingerprint density at radius 2 is 2.31 bits per heavy atom. The highest BCUT2D eigenvalue weighted by Crippen LogP contribution is 2.23. The van der Waals surface area contributed by atoms with Gasteiger partial charge < -0.3 is 10.4 Å². The van der Waals surface area contributed by atoms with E-state index in [-0.39, 0.29) is 12.1 Å². The highest BCUT2D eigenvalue weighted by atomic mass is 79.9. The van der Waals surface area contributed by atoms with Crippen molar-refractivity contribution in [2.75, 3.05) is 11.9 Å². The number of rotatable bonds is 4. The molecule has 0 saturated heterocycles. The smallest absolute Gasteiger partial charge is 0.332 e. The van der Waals surface area contributed by atoms with E-state index in [2.05, 4.69) is 27.8 Å². The van der Waals surface area contributed by atoms with Crippen LogP contribution in [0.15, 0.2) is 34.8 Å². The van der Waals surface area contributed by atoms with Crippen molar-refractivity contribution in [1.29, 1.82) is 5.26 Å². The van der Waals surface area contributed by atoms with E-state index in [0.29, 0.717) is 10.0 Å². The van der Waals surface area contributed by atoms with Gasteiger partial charge in [-0.3, -0.25) is 0 Å². The number of aliphatic carboxylic acids is 1. The van der Waals surface area contributed by atoms with Gasteiger partial charge in [-0.25, -0.2) is 4.79 Å². The molecule has 0 amide bonds. The summed E-state index contributed by atoms with van der Waals surface area (Å²) in [4.78, 5) is 10.5. The van der Waals surface area contributed by atoms with Crippen LogP contribution in [0.3, 0.4) is 0 Å². The molecule has 1 aromatic rings. The van der Waals surface area contributed by atoms with Gasteiger partial charge in [-0.15, -0.1) is 0 Å². The fraction of sp³-hybridized carbons (Fsp3) is 0.0909. The van der Waals surface area contributed by atoms with Crippen molar-refractivity contribution in [2.24, 2.45) is 0 Å². The van der Waals surface area contributed by atoms with Crippen LogP contribution in [-0.2, 0) is 4.79 Å². The van der Waals surface area contributed by atoms with Gasteiger partial charge in [0.25, 0.3) is 0 Å². The Morgan fingerprint density at radius 1 is 1.62 bits per heavy atom. The number of anilines is 1. The first-order chi connectivity index (χ1) is 7.54. The van der Waals surface area contributed by atoms with Crippen molar-refractivity contribution < 1.29 is 9.90 Å². The summed E-state index contributed by atoms with van der Waals surface area (Å²) in [6, 6.07) is 7.02. The molecule has 0 heterocycles. The second kappa shape index (κ2) is 5.33. The first-order valence-corrected chi connectivity index (χ1v) is 5.18. The van der Waals surface area contributed by atoms with Crippen molar-refractivity contribution in [3.8, 4) is 6.07 Å². The van der Waals surface area contributed by atoms with Gasteiger partial charge in [0.2, 0.25) is 0 Å². The third-order valence-electron chi connectivity index (χ3n) is 1.89. The van der Waals surface area contributed by atoms with Gasteiger partial charge in [0.05, 0.1) is 11.6 Å². The molecule has 0 atom stereocenters. The first-order valence-electron chi connectivity index (χ1n) is 4.39. The number of halogens is 1. The van der Waals surface area contributed by atoms with Crippen LogP contribution in [0.2, 0.25) is 0 Å². The number of nitriles is 1. The summed E-state index contributed by atoms with van der Waals surface area (Å²) < 4.78 is 0.713. The van der Waals surface area contributed by atoms with Crippen molar-refractivity contribution in [1.82, 2.24) is 0 Å². The minimum absolute atomic E-state index is 0.0799. The van der Waals surface area contributed by atoms with Crippen molar-refractivity contribution in [2.45, 2.75) is 0 Å². The van der Waals surface area contributed by atoms with E-state index in [4.69, 9.17) is 10.4 Å². The average molecular weight is 281 g/mol. The molecule has 1 aromatic carbocycles. The van der Waals surface area contributed by atoms with E-state index in [9.17, 15) is 4.79 Å². The normalized spacial score (nSPS) is 9.25. The largest absolute Gasteiger partial charge is 0.478 e. The summed E-state index contributed by atoms with van der Waals surface area (Å²) in [6.45, 7) is 3.56. The van der Waals surface area contributed by atoms with Gasteiger partial charge >= 0.3 is 5.97 Å². The SMILES string of the molecule is C=C(CNc1ccc(C#N)cc1Br)C(=O)O. The van der Waals surface area contributed by atoms with E-state index in [1.165, 1.54) is 0 Å². The van der Waals surface area contributed by atoms with E-state index < -0.39 is 5.97 Å². The van der Waals surface area contributed by atoms with Crippen LogP contribution in [-0.4, -0.2) is 17.6 Å². The molecule has 0 unspecified atom stereocenters. The fourth-order valence-corrected chi connectivity index (χ4v) is 1.52. The number of nitrogens with zero attached hydrogens (tertiary/aromatic N) is 1. The van der Waals surface area contributed by atoms with Crippen LogP contribution < -0.4 is 5.32 Å². The molecule has 2 N–H and O–H groups in total. The molecule has 0 fully saturated rings. The molecular formula is C11H9BrN2O2. The second-order valence-electron chi connectivity index (χ2n) is 3.07. The fourth-order valence-electron chi connectivity index (χ4n) is 1.01. The predicted octanol–water partition coefficient (Wildman–Crippen LogP) is 2.37. The molecule has 0 aromatic heterocycles. The van der Waals surface area contributed by atoms with Crippen LogP contribution in [0.5, 0.6) is 0 Å². The van der Waals surface area contributed by atoms with Crippen molar-refractivity contribution >= 4 is 27.6 Å². The molecule has 0 aliphatic carbocycles. The third kappa shape index (κ3) is 3.11. The lowest BCUT2D eigenvalue weighted by molar-refractivity contribution is -0.132. The number of carboxylic acid groups (broad SMARTS) is 1. The minimum atomic E-state index is -1.03. The third-order valence-corrected chi connectivity index (χ3v) is 2.55. The summed E-state index contributed by atoms with van der Waals surface area (Å²) in [5.74, 6) is -1.03. The Hall–Kier alpha value is -1.80. The van der Waals surface area contributed by atoms with Crippen LogP contribution in [0.25, 0.3) is 0 Å². The van der Waals surface area contributed by atoms with E-state index >= 15 is 0 Å². The second-order valence-corrected chi connectivity index (χ2v) is 3.92. The highest BCUT2D eigenvalue weighted by Gasteiger charge is 2.05. The lowest BCUT2D eigenvalue weighted by atomic mass is 10.2. The average Bonchev–Trinajstić information content (AvgIpc) is 2.26. The summed E-state index contributed by atoms with van der Waals surface area (Å²) in [5.41, 5.74) is 1.34. The molecule has 4 nitrogen and oxygen atoms in total. The van der Waals surface area contributed by atoms with Gasteiger partial charge in [0.15, 0.2) is 0 Å². The van der Waals surface area contributed by atoms with Crippen LogP contribution >= 0.6 is 15.9 Å². The maximum Gasteiger partial charge on any atom is 0.332 e. The molecule has 0 bridgehead atoms. The molecule has 0 radical (unpaired) electrons. The molecule has 0 saturated carbocycles. The van der Waals surface area contributed by atoms with Gasteiger partial charge in [-0.2, -0.15) is 5.26 Å². The van der Waals surface area contributed by atoms with Gasteiger partial charge in [-0.05, 0) is 34.1 Å². The van der Waals surface area contributed by atoms with E-state index in [1.54, 1.807) is 18.2 Å². The number of nitrogens with one attached hydrogen (secondary N) is 1. The molecule has 0 spiro atoms. The predicted molar refractivity (Wildman–Crippen MR) is 64.1 cm³/mol. The summed E-state index contributed by atoms with van der Waals surface area (Å²) in [7, 11) is 0. The minimum Gasteiger partial charge on any atom is -0.478 e. The number of benzene rings is 1. The van der Waals surface area contributed by atoms with Gasteiger partial charge in [0.1, 0.15) is 0 Å². The zero-order valence-electron chi connectivity index (χ0n) is 8.33. The van der Waals surface area contributed by atoms with Crippen molar-refractivity contribution in [3.63, 3.8) is 0 Å². The Morgan fingerprint density at radius 3 is 2.81 bits per heavy atom. The zero-order chi connectivity index (χ0) is 12.1. The van der Waals surface area contributed by atoms with E-state index in [0.717, 1.165) is 5.69 Å². The van der Waals surface area contributed by atoms with Crippen LogP contribution in [0.4, 0.5) is 5.69 Å². The summed E-state index contributed by atoms with van der Waals surface area (Å²) in [5, 5.41) is 20.2. The quantitative estimate of drug-likeness (QED) is 0.831. The maximum absolute atomic E-state index is 10.5. The van der Waals surface area contributed by atoms with Gasteiger partial charge in [-0.1, -0.05) is 6.58 Å². The molecule has 0 aliphatic heterocycles. The Labute approximate surface area is 101 Å². The highest BCUT2D eigenvalue weighted by molar-refractivity contribution is 9.10. The first kappa shape index (κ1) is 12.3. The van der Waals surface area contributed by atoms with Gasteiger partial charge in [0, 0.05) is 22.3 Å². The van der Waals surface area contributed by atoms with Crippen LogP contribution in [0.1, 0.15) is 5.56 Å². The lowest BCUT2D eigenvalue weighted by Crippen LogP contribution is -2.11. The Bertz CT molecular complexity index is 477. The zero-order valence-corrected chi connectivity index (χ0v) is 9.91. The summed E-state index contributed by atoms with van der Waals surface area (Å²) >= 11 is 3.28. The molecule has 5 heteroatoms. The molecule has 1 rings (SSSR count). The monoisotopic (exact) mass is 280 g/mol.